The van der Waals surface area contributed by atoms with Gasteiger partial charge in [0.1, 0.15) is 5.71 Å². The summed E-state index contributed by atoms with van der Waals surface area (Å²) in [5, 5.41) is 8.92. The van der Waals surface area contributed by atoms with E-state index in [1.807, 2.05) is 18.4 Å². The molecule has 0 radical (unpaired) electrons. The van der Waals surface area contributed by atoms with Crippen LogP contribution in [0.3, 0.4) is 0 Å². The molecule has 0 fully saturated rings. The molecule has 122 valence electrons. The molecule has 2 rings (SSSR count). The molecule has 0 saturated heterocycles. The Labute approximate surface area is 134 Å². The average molecular weight is 341 g/mol. The normalized spacial score (nSPS) is 12.3. The SMILES string of the molecule is COc1cc(-c2sccc2C)cc(/C(N)=C/C(=N)C(F)(F)F)n1. The third-order valence-electron chi connectivity index (χ3n) is 3.04. The Kier molecular flexibility index (Phi) is 4.74. The first-order chi connectivity index (χ1) is 10.7. The van der Waals surface area contributed by atoms with E-state index in [-0.39, 0.29) is 17.3 Å². The van der Waals surface area contributed by atoms with Crippen LogP contribution in [-0.2, 0) is 0 Å². The van der Waals surface area contributed by atoms with Gasteiger partial charge < -0.3 is 10.5 Å². The zero-order chi connectivity index (χ0) is 17.2. The van der Waals surface area contributed by atoms with Crippen molar-refractivity contribution in [2.75, 3.05) is 7.11 Å². The second-order valence-corrected chi connectivity index (χ2v) is 5.64. The molecule has 2 heterocycles. The van der Waals surface area contributed by atoms with Crippen LogP contribution in [0.15, 0.2) is 29.7 Å². The summed E-state index contributed by atoms with van der Waals surface area (Å²) in [7, 11) is 1.41. The zero-order valence-electron chi connectivity index (χ0n) is 12.4. The number of halogens is 3. The van der Waals surface area contributed by atoms with Gasteiger partial charge in [-0.15, -0.1) is 11.3 Å². The highest BCUT2D eigenvalue weighted by Crippen LogP contribution is 2.32. The van der Waals surface area contributed by atoms with E-state index >= 15 is 0 Å². The maximum absolute atomic E-state index is 12.5. The van der Waals surface area contributed by atoms with Crippen LogP contribution in [0.5, 0.6) is 5.88 Å². The van der Waals surface area contributed by atoms with Crippen molar-refractivity contribution in [3.05, 3.63) is 40.9 Å². The number of thiophene rings is 1. The van der Waals surface area contributed by atoms with Crippen molar-refractivity contribution in [2.24, 2.45) is 5.73 Å². The molecule has 2 aromatic rings. The summed E-state index contributed by atoms with van der Waals surface area (Å²) in [5.74, 6) is 0.236. The van der Waals surface area contributed by atoms with Crippen molar-refractivity contribution in [1.82, 2.24) is 4.98 Å². The number of nitrogens with zero attached hydrogens (tertiary/aromatic N) is 1. The molecule has 0 aromatic carbocycles. The minimum absolute atomic E-state index is 0.126. The van der Waals surface area contributed by atoms with E-state index in [4.69, 9.17) is 15.9 Å². The number of aryl methyl sites for hydroxylation is 1. The molecule has 8 heteroatoms. The number of alkyl halides is 3. The van der Waals surface area contributed by atoms with Crippen LogP contribution in [0.25, 0.3) is 16.1 Å². The number of methoxy groups -OCH3 is 1. The third kappa shape index (κ3) is 3.89. The number of nitrogens with one attached hydrogen (secondary N) is 1. The molecule has 3 N–H and O–H groups in total. The van der Waals surface area contributed by atoms with Crippen LogP contribution in [-0.4, -0.2) is 24.0 Å². The lowest BCUT2D eigenvalue weighted by molar-refractivity contribution is -0.0583. The first-order valence-corrected chi connectivity index (χ1v) is 7.34. The van der Waals surface area contributed by atoms with Crippen LogP contribution in [0.4, 0.5) is 13.2 Å². The van der Waals surface area contributed by atoms with E-state index in [9.17, 15) is 13.2 Å². The Hall–Kier alpha value is -2.35. The highest BCUT2D eigenvalue weighted by Gasteiger charge is 2.33. The standard InChI is InChI=1S/C15H14F3N3OS/c1-8-3-4-23-14(8)9-5-11(21-13(6-9)22-2)10(19)7-12(20)15(16,17)18/h3-7,20H,19H2,1-2H3/b10-7-,20-12?. The topological polar surface area (TPSA) is 72.0 Å². The summed E-state index contributed by atoms with van der Waals surface area (Å²) in [6.07, 6.45) is -4.20. The predicted octanol–water partition coefficient (Wildman–Crippen LogP) is 4.01. The first-order valence-electron chi connectivity index (χ1n) is 6.46. The molecular weight excluding hydrogens is 327 g/mol. The van der Waals surface area contributed by atoms with Crippen LogP contribution in [0, 0.1) is 12.3 Å². The summed E-state index contributed by atoms with van der Waals surface area (Å²) in [6.45, 7) is 1.93. The van der Waals surface area contributed by atoms with E-state index in [0.29, 0.717) is 6.08 Å². The van der Waals surface area contributed by atoms with Gasteiger partial charge in [-0.3, -0.25) is 5.41 Å². The largest absolute Gasteiger partial charge is 0.481 e. The van der Waals surface area contributed by atoms with Crippen molar-refractivity contribution >= 4 is 22.7 Å². The molecule has 23 heavy (non-hydrogen) atoms. The van der Waals surface area contributed by atoms with Gasteiger partial charge in [-0.2, -0.15) is 13.2 Å². The van der Waals surface area contributed by atoms with Gasteiger partial charge in [0.15, 0.2) is 0 Å². The fourth-order valence-corrected chi connectivity index (χ4v) is 2.78. The van der Waals surface area contributed by atoms with E-state index in [2.05, 4.69) is 4.98 Å². The molecule has 0 aliphatic carbocycles. The number of allylic oxidation sites excluding steroid dienone is 1. The lowest BCUT2D eigenvalue weighted by Gasteiger charge is -2.09. The van der Waals surface area contributed by atoms with Crippen LogP contribution in [0.2, 0.25) is 0 Å². The van der Waals surface area contributed by atoms with Gasteiger partial charge in [0.2, 0.25) is 5.88 Å². The molecule has 0 saturated carbocycles. The Bertz CT molecular complexity index is 766. The van der Waals surface area contributed by atoms with Gasteiger partial charge in [-0.25, -0.2) is 4.98 Å². The van der Waals surface area contributed by atoms with Crippen LogP contribution < -0.4 is 10.5 Å². The van der Waals surface area contributed by atoms with Gasteiger partial charge >= 0.3 is 6.18 Å². The number of hydrogen-bond acceptors (Lipinski definition) is 5. The van der Waals surface area contributed by atoms with Crippen LogP contribution >= 0.6 is 11.3 Å². The summed E-state index contributed by atoms with van der Waals surface area (Å²) in [5.41, 5.74) is 5.80. The predicted molar refractivity (Wildman–Crippen MR) is 84.8 cm³/mol. The second-order valence-electron chi connectivity index (χ2n) is 4.73. The quantitative estimate of drug-likeness (QED) is 0.826. The zero-order valence-corrected chi connectivity index (χ0v) is 13.2. The van der Waals surface area contributed by atoms with E-state index in [0.717, 1.165) is 16.0 Å². The highest BCUT2D eigenvalue weighted by molar-refractivity contribution is 7.13. The number of nitrogens with two attached hydrogens (primary N) is 1. The average Bonchev–Trinajstić information content (AvgIpc) is 2.91. The Morgan fingerprint density at radius 1 is 1.39 bits per heavy atom. The fourth-order valence-electron chi connectivity index (χ4n) is 1.87. The molecule has 0 bridgehead atoms. The Balaban J connectivity index is 2.49. The summed E-state index contributed by atoms with van der Waals surface area (Å²) in [6, 6.07) is 5.20. The molecule has 0 spiro atoms. The lowest BCUT2D eigenvalue weighted by atomic mass is 10.1. The highest BCUT2D eigenvalue weighted by atomic mass is 32.1. The maximum Gasteiger partial charge on any atom is 0.432 e. The maximum atomic E-state index is 12.5. The van der Waals surface area contributed by atoms with Gasteiger partial charge in [-0.1, -0.05) is 0 Å². The number of rotatable bonds is 4. The second kappa shape index (κ2) is 6.41. The summed E-state index contributed by atoms with van der Waals surface area (Å²) in [4.78, 5) is 5.00. The van der Waals surface area contributed by atoms with Crippen LogP contribution in [0.1, 0.15) is 11.3 Å². The first kappa shape index (κ1) is 17.0. The minimum Gasteiger partial charge on any atom is -0.481 e. The van der Waals surface area contributed by atoms with Crippen molar-refractivity contribution in [3.63, 3.8) is 0 Å². The molecule has 0 aliphatic heterocycles. The van der Waals surface area contributed by atoms with E-state index in [1.54, 1.807) is 12.1 Å². The van der Waals surface area contributed by atoms with Crippen molar-refractivity contribution in [3.8, 4) is 16.3 Å². The number of pyridine rings is 1. The minimum atomic E-state index is -4.75. The molecule has 0 atom stereocenters. The van der Waals surface area contributed by atoms with Gasteiger partial charge in [-0.05, 0) is 41.6 Å². The third-order valence-corrected chi connectivity index (χ3v) is 4.10. The molecule has 2 aromatic heterocycles. The summed E-state index contributed by atoms with van der Waals surface area (Å²) >= 11 is 1.49. The number of hydrogen-bond donors (Lipinski definition) is 2. The Morgan fingerprint density at radius 3 is 2.61 bits per heavy atom. The van der Waals surface area contributed by atoms with Gasteiger partial charge in [0, 0.05) is 10.9 Å². The number of aromatic nitrogens is 1. The van der Waals surface area contributed by atoms with Crippen molar-refractivity contribution < 1.29 is 17.9 Å². The molecule has 0 unspecified atom stereocenters. The van der Waals surface area contributed by atoms with E-state index in [1.165, 1.54) is 18.4 Å². The van der Waals surface area contributed by atoms with Gasteiger partial charge in [0.05, 0.1) is 18.5 Å². The smallest absolute Gasteiger partial charge is 0.432 e. The molecule has 0 aliphatic rings. The molecule has 4 nitrogen and oxygen atoms in total. The molecule has 0 amide bonds. The van der Waals surface area contributed by atoms with Crippen molar-refractivity contribution in [1.29, 1.82) is 5.41 Å². The van der Waals surface area contributed by atoms with Crippen molar-refractivity contribution in [2.45, 2.75) is 13.1 Å². The van der Waals surface area contributed by atoms with E-state index < -0.39 is 11.9 Å². The molecular formula is C15H14F3N3OS. The van der Waals surface area contributed by atoms with Gasteiger partial charge in [0.25, 0.3) is 0 Å². The lowest BCUT2D eigenvalue weighted by Crippen LogP contribution is -2.20. The monoisotopic (exact) mass is 341 g/mol. The number of ether oxygens (including phenoxy) is 1. The summed E-state index contributed by atoms with van der Waals surface area (Å²) < 4.78 is 42.5. The Morgan fingerprint density at radius 2 is 2.09 bits per heavy atom. The fraction of sp³-hybridized carbons (Fsp3) is 0.200.